The third kappa shape index (κ3) is 7.92. The highest BCUT2D eigenvalue weighted by Crippen LogP contribution is 2.30. The van der Waals surface area contributed by atoms with Crippen LogP contribution in [0.25, 0.3) is 0 Å². The quantitative estimate of drug-likeness (QED) is 0.425. The summed E-state index contributed by atoms with van der Waals surface area (Å²) in [6.45, 7) is 7.00. The van der Waals surface area contributed by atoms with Crippen LogP contribution in [-0.4, -0.2) is 38.7 Å². The van der Waals surface area contributed by atoms with E-state index in [0.29, 0.717) is 17.6 Å². The number of hydrogen-bond acceptors (Lipinski definition) is 6. The molecule has 0 aliphatic heterocycles. The van der Waals surface area contributed by atoms with Gasteiger partial charge in [0.1, 0.15) is 17.7 Å². The van der Waals surface area contributed by atoms with Gasteiger partial charge >= 0.3 is 0 Å². The molecule has 32 heavy (non-hydrogen) atoms. The van der Waals surface area contributed by atoms with Crippen LogP contribution in [0.15, 0.2) is 24.4 Å². The first-order chi connectivity index (χ1) is 14.9. The van der Waals surface area contributed by atoms with Crippen molar-refractivity contribution in [1.29, 1.82) is 0 Å². The summed E-state index contributed by atoms with van der Waals surface area (Å²) in [5.41, 5.74) is -0.959. The lowest BCUT2D eigenvalue weighted by Gasteiger charge is -2.17. The van der Waals surface area contributed by atoms with E-state index in [-0.39, 0.29) is 11.5 Å². The van der Waals surface area contributed by atoms with Gasteiger partial charge in [0.05, 0.1) is 5.60 Å². The summed E-state index contributed by atoms with van der Waals surface area (Å²) in [6, 6.07) is 1.29. The fourth-order valence-corrected chi connectivity index (χ4v) is 3.92. The summed E-state index contributed by atoms with van der Waals surface area (Å²) in [7, 11) is 0. The fraction of sp³-hybridized carbons (Fsp3) is 0.500. The third-order valence-corrected chi connectivity index (χ3v) is 6.01. The third-order valence-electron chi connectivity index (χ3n) is 4.87. The van der Waals surface area contributed by atoms with Gasteiger partial charge in [-0.3, -0.25) is 9.59 Å². The highest BCUT2D eigenvalue weighted by Gasteiger charge is 2.24. The number of thiazole rings is 1. The van der Waals surface area contributed by atoms with Gasteiger partial charge in [0, 0.05) is 17.1 Å². The van der Waals surface area contributed by atoms with Gasteiger partial charge in [-0.1, -0.05) is 6.92 Å². The molecule has 1 aromatic carbocycles. The zero-order valence-electron chi connectivity index (χ0n) is 18.5. The van der Waals surface area contributed by atoms with Crippen molar-refractivity contribution in [2.75, 3.05) is 5.32 Å². The SMILES string of the molecule is CC(CCCC(C)(C)O)c1cnc(NC(=O)[C@H](C)NC(=O)C(O)c2cc(F)cc(F)c2)s1. The Kier molecular flexibility index (Phi) is 8.82. The normalized spacial score (nSPS) is 14.5. The maximum atomic E-state index is 13.3. The van der Waals surface area contributed by atoms with Gasteiger partial charge < -0.3 is 20.8 Å². The molecule has 4 N–H and O–H groups in total. The number of hydrogen-bond donors (Lipinski definition) is 4. The smallest absolute Gasteiger partial charge is 0.254 e. The van der Waals surface area contributed by atoms with Gasteiger partial charge in [-0.05, 0) is 63.6 Å². The second-order valence-electron chi connectivity index (χ2n) is 8.50. The molecule has 0 bridgehead atoms. The van der Waals surface area contributed by atoms with E-state index in [1.165, 1.54) is 18.3 Å². The minimum atomic E-state index is -1.83. The molecular weight excluding hydrogens is 440 g/mol. The van der Waals surface area contributed by atoms with Gasteiger partial charge in [0.2, 0.25) is 5.91 Å². The van der Waals surface area contributed by atoms with Crippen molar-refractivity contribution in [1.82, 2.24) is 10.3 Å². The lowest BCUT2D eigenvalue weighted by molar-refractivity contribution is -0.132. The van der Waals surface area contributed by atoms with Gasteiger partial charge in [0.15, 0.2) is 11.2 Å². The summed E-state index contributed by atoms with van der Waals surface area (Å²) in [5, 5.41) is 25.1. The number of aromatic nitrogens is 1. The first kappa shape index (κ1) is 25.8. The van der Waals surface area contributed by atoms with Crippen LogP contribution in [0.2, 0.25) is 0 Å². The van der Waals surface area contributed by atoms with Crippen LogP contribution in [0.5, 0.6) is 0 Å². The van der Waals surface area contributed by atoms with E-state index < -0.39 is 41.2 Å². The molecule has 0 aliphatic carbocycles. The van der Waals surface area contributed by atoms with Gasteiger partial charge in [-0.2, -0.15) is 0 Å². The van der Waals surface area contributed by atoms with Crippen LogP contribution in [0, 0.1) is 11.6 Å². The second kappa shape index (κ2) is 10.9. The van der Waals surface area contributed by atoms with Crippen molar-refractivity contribution in [2.24, 2.45) is 0 Å². The van der Waals surface area contributed by atoms with Crippen molar-refractivity contribution in [2.45, 2.75) is 70.6 Å². The average Bonchev–Trinajstić information content (AvgIpc) is 3.14. The number of amides is 2. The Morgan fingerprint density at radius 3 is 2.38 bits per heavy atom. The molecule has 3 atom stereocenters. The Bertz CT molecular complexity index is 925. The molecule has 0 spiro atoms. The van der Waals surface area contributed by atoms with Crippen molar-refractivity contribution in [3.8, 4) is 0 Å². The molecule has 2 aromatic rings. The first-order valence-corrected chi connectivity index (χ1v) is 11.1. The standard InChI is InChI=1S/C22H29F2N3O4S/c1-12(6-5-7-22(3,4)31)17-11-25-21(32-17)27-19(29)13(2)26-20(30)18(28)14-8-15(23)10-16(24)9-14/h8-13,18,28,31H,5-7H2,1-4H3,(H,26,30)(H,25,27,29)/t12?,13-,18?/m0/s1. The van der Waals surface area contributed by atoms with Crippen LogP contribution in [-0.2, 0) is 9.59 Å². The maximum Gasteiger partial charge on any atom is 0.254 e. The Labute approximate surface area is 189 Å². The van der Waals surface area contributed by atoms with Crippen molar-refractivity contribution in [3.63, 3.8) is 0 Å². The second-order valence-corrected chi connectivity index (χ2v) is 9.56. The number of benzene rings is 1. The number of aliphatic hydroxyl groups excluding tert-OH is 1. The monoisotopic (exact) mass is 469 g/mol. The van der Waals surface area contributed by atoms with Crippen molar-refractivity contribution < 1.29 is 28.6 Å². The number of nitrogens with one attached hydrogen (secondary N) is 2. The molecule has 10 heteroatoms. The van der Waals surface area contributed by atoms with E-state index in [4.69, 9.17) is 0 Å². The number of rotatable bonds is 10. The van der Waals surface area contributed by atoms with E-state index in [0.717, 1.165) is 29.9 Å². The first-order valence-electron chi connectivity index (χ1n) is 10.3. The zero-order chi connectivity index (χ0) is 24.1. The van der Waals surface area contributed by atoms with E-state index >= 15 is 0 Å². The molecule has 0 fully saturated rings. The van der Waals surface area contributed by atoms with E-state index in [9.17, 15) is 28.6 Å². The highest BCUT2D eigenvalue weighted by molar-refractivity contribution is 7.15. The lowest BCUT2D eigenvalue weighted by Crippen LogP contribution is -2.43. The summed E-state index contributed by atoms with van der Waals surface area (Å²) in [6.07, 6.45) is 2.26. The average molecular weight is 470 g/mol. The molecule has 0 radical (unpaired) electrons. The van der Waals surface area contributed by atoms with Crippen LogP contribution >= 0.6 is 11.3 Å². The molecule has 7 nitrogen and oxygen atoms in total. The fourth-order valence-electron chi connectivity index (χ4n) is 3.01. The molecule has 1 heterocycles. The summed E-state index contributed by atoms with van der Waals surface area (Å²) in [4.78, 5) is 29.7. The van der Waals surface area contributed by atoms with Crippen molar-refractivity contribution >= 4 is 28.3 Å². The molecule has 2 amide bonds. The Morgan fingerprint density at radius 2 is 1.78 bits per heavy atom. The number of nitrogens with zero attached hydrogens (tertiary/aromatic N) is 1. The van der Waals surface area contributed by atoms with E-state index in [1.807, 2.05) is 6.92 Å². The van der Waals surface area contributed by atoms with E-state index in [2.05, 4.69) is 15.6 Å². The molecule has 176 valence electrons. The minimum Gasteiger partial charge on any atom is -0.390 e. The zero-order valence-corrected chi connectivity index (χ0v) is 19.3. The number of carbonyl (C=O) groups excluding carboxylic acids is 2. The Balaban J connectivity index is 1.89. The maximum absolute atomic E-state index is 13.3. The molecule has 2 rings (SSSR count). The minimum absolute atomic E-state index is 0.208. The highest BCUT2D eigenvalue weighted by atomic mass is 32.1. The molecule has 0 saturated carbocycles. The molecule has 1 aromatic heterocycles. The summed E-state index contributed by atoms with van der Waals surface area (Å²) < 4.78 is 26.6. The van der Waals surface area contributed by atoms with Gasteiger partial charge in [0.25, 0.3) is 5.91 Å². The molecule has 0 saturated heterocycles. The number of halogens is 2. The van der Waals surface area contributed by atoms with Crippen LogP contribution in [0.1, 0.15) is 69.4 Å². The van der Waals surface area contributed by atoms with Gasteiger partial charge in [-0.25, -0.2) is 13.8 Å². The van der Waals surface area contributed by atoms with Crippen molar-refractivity contribution in [3.05, 3.63) is 46.5 Å². The lowest BCUT2D eigenvalue weighted by atomic mass is 9.96. The van der Waals surface area contributed by atoms with Crippen LogP contribution < -0.4 is 10.6 Å². The predicted octanol–water partition coefficient (Wildman–Crippen LogP) is 3.64. The number of anilines is 1. The molecular formula is C22H29F2N3O4S. The van der Waals surface area contributed by atoms with Crippen LogP contribution in [0.4, 0.5) is 13.9 Å². The van der Waals surface area contributed by atoms with E-state index in [1.54, 1.807) is 20.0 Å². The number of aliphatic hydroxyl groups is 2. The van der Waals surface area contributed by atoms with Crippen LogP contribution in [0.3, 0.4) is 0 Å². The molecule has 0 aliphatic rings. The topological polar surface area (TPSA) is 112 Å². The summed E-state index contributed by atoms with van der Waals surface area (Å²) >= 11 is 1.32. The largest absolute Gasteiger partial charge is 0.390 e. The number of carbonyl (C=O) groups is 2. The molecule has 2 unspecified atom stereocenters. The Morgan fingerprint density at radius 1 is 1.16 bits per heavy atom. The van der Waals surface area contributed by atoms with Gasteiger partial charge in [-0.15, -0.1) is 11.3 Å². The Hall–Kier alpha value is -2.43. The summed E-state index contributed by atoms with van der Waals surface area (Å²) in [5.74, 6) is -3.15. The predicted molar refractivity (Wildman–Crippen MR) is 118 cm³/mol.